The van der Waals surface area contributed by atoms with Crippen molar-refractivity contribution in [2.75, 3.05) is 20.3 Å². The predicted octanol–water partition coefficient (Wildman–Crippen LogP) is 1.74. The van der Waals surface area contributed by atoms with Crippen molar-refractivity contribution >= 4 is 0 Å². The SMILES string of the molecule is COC(C)(C)CC(O)C1(CN)COc2ccccc2C1. The summed E-state index contributed by atoms with van der Waals surface area (Å²) in [6.45, 7) is 4.78. The molecule has 112 valence electrons. The lowest BCUT2D eigenvalue weighted by atomic mass is 9.73. The molecule has 20 heavy (non-hydrogen) atoms. The Morgan fingerprint density at radius 1 is 1.45 bits per heavy atom. The summed E-state index contributed by atoms with van der Waals surface area (Å²) in [4.78, 5) is 0. The van der Waals surface area contributed by atoms with Gasteiger partial charge in [-0.1, -0.05) is 18.2 Å². The van der Waals surface area contributed by atoms with Crippen LogP contribution in [0.1, 0.15) is 25.8 Å². The normalized spacial score (nSPS) is 23.9. The van der Waals surface area contributed by atoms with Crippen molar-refractivity contribution in [3.63, 3.8) is 0 Å². The van der Waals surface area contributed by atoms with Gasteiger partial charge in [-0.3, -0.25) is 0 Å². The summed E-state index contributed by atoms with van der Waals surface area (Å²) >= 11 is 0. The van der Waals surface area contributed by atoms with Crippen molar-refractivity contribution in [3.8, 4) is 5.75 Å². The lowest BCUT2D eigenvalue weighted by Crippen LogP contribution is -2.52. The predicted molar refractivity (Wildman–Crippen MR) is 78.8 cm³/mol. The molecule has 2 atom stereocenters. The van der Waals surface area contributed by atoms with Gasteiger partial charge in [0.2, 0.25) is 0 Å². The van der Waals surface area contributed by atoms with Crippen molar-refractivity contribution in [2.45, 2.75) is 38.4 Å². The number of rotatable bonds is 5. The minimum absolute atomic E-state index is 0.376. The van der Waals surface area contributed by atoms with Gasteiger partial charge in [0, 0.05) is 25.5 Å². The molecule has 0 bridgehead atoms. The summed E-state index contributed by atoms with van der Waals surface area (Å²) in [6.07, 6.45) is 0.711. The van der Waals surface area contributed by atoms with Crippen molar-refractivity contribution in [1.82, 2.24) is 0 Å². The monoisotopic (exact) mass is 279 g/mol. The smallest absolute Gasteiger partial charge is 0.122 e. The quantitative estimate of drug-likeness (QED) is 0.862. The average molecular weight is 279 g/mol. The number of methoxy groups -OCH3 is 1. The number of fused-ring (bicyclic) bond motifs is 1. The molecule has 0 fully saturated rings. The van der Waals surface area contributed by atoms with Crippen LogP contribution in [-0.4, -0.2) is 37.1 Å². The van der Waals surface area contributed by atoms with Gasteiger partial charge >= 0.3 is 0 Å². The topological polar surface area (TPSA) is 64.7 Å². The molecule has 1 aliphatic heterocycles. The van der Waals surface area contributed by atoms with Crippen molar-refractivity contribution < 1.29 is 14.6 Å². The van der Waals surface area contributed by atoms with Crippen LogP contribution in [-0.2, 0) is 11.2 Å². The Kier molecular flexibility index (Phi) is 4.37. The van der Waals surface area contributed by atoms with Gasteiger partial charge in [-0.15, -0.1) is 0 Å². The van der Waals surface area contributed by atoms with Gasteiger partial charge < -0.3 is 20.3 Å². The summed E-state index contributed by atoms with van der Waals surface area (Å²) in [6, 6.07) is 7.94. The molecule has 3 N–H and O–H groups in total. The van der Waals surface area contributed by atoms with Gasteiger partial charge in [-0.2, -0.15) is 0 Å². The van der Waals surface area contributed by atoms with E-state index in [1.807, 2.05) is 38.1 Å². The molecule has 1 aromatic rings. The van der Waals surface area contributed by atoms with E-state index in [0.29, 0.717) is 19.6 Å². The molecule has 1 heterocycles. The molecule has 0 amide bonds. The fourth-order valence-electron chi connectivity index (χ4n) is 2.69. The van der Waals surface area contributed by atoms with Gasteiger partial charge in [0.1, 0.15) is 5.75 Å². The van der Waals surface area contributed by atoms with E-state index in [2.05, 4.69) is 0 Å². The highest BCUT2D eigenvalue weighted by molar-refractivity contribution is 5.36. The number of hydrogen-bond acceptors (Lipinski definition) is 4. The van der Waals surface area contributed by atoms with E-state index < -0.39 is 11.5 Å². The van der Waals surface area contributed by atoms with E-state index in [1.54, 1.807) is 7.11 Å². The maximum Gasteiger partial charge on any atom is 0.122 e. The van der Waals surface area contributed by atoms with Crippen LogP contribution in [0.25, 0.3) is 0 Å². The summed E-state index contributed by atoms with van der Waals surface area (Å²) in [5.74, 6) is 0.898. The van der Waals surface area contributed by atoms with Gasteiger partial charge in [-0.25, -0.2) is 0 Å². The average Bonchev–Trinajstić information content (AvgIpc) is 2.46. The van der Waals surface area contributed by atoms with Gasteiger partial charge in [-0.05, 0) is 31.9 Å². The first-order chi connectivity index (χ1) is 9.42. The molecule has 0 radical (unpaired) electrons. The number of aliphatic hydroxyl groups is 1. The van der Waals surface area contributed by atoms with Gasteiger partial charge in [0.25, 0.3) is 0 Å². The number of para-hydroxylation sites is 1. The van der Waals surface area contributed by atoms with Crippen LogP contribution >= 0.6 is 0 Å². The largest absolute Gasteiger partial charge is 0.493 e. The zero-order chi connectivity index (χ0) is 14.8. The summed E-state index contributed by atoms with van der Waals surface area (Å²) in [7, 11) is 1.66. The first kappa shape index (κ1) is 15.3. The number of benzene rings is 1. The van der Waals surface area contributed by atoms with Crippen LogP contribution in [0.15, 0.2) is 24.3 Å². The Hall–Kier alpha value is -1.10. The number of aliphatic hydroxyl groups excluding tert-OH is 1. The molecule has 4 heteroatoms. The number of hydrogen-bond donors (Lipinski definition) is 2. The Morgan fingerprint density at radius 2 is 2.15 bits per heavy atom. The maximum atomic E-state index is 10.7. The molecule has 0 saturated heterocycles. The van der Waals surface area contributed by atoms with Crippen LogP contribution in [0, 0.1) is 5.41 Å². The zero-order valence-electron chi connectivity index (χ0n) is 12.6. The van der Waals surface area contributed by atoms with Crippen LogP contribution in [0.5, 0.6) is 5.75 Å². The van der Waals surface area contributed by atoms with Crippen molar-refractivity contribution in [1.29, 1.82) is 0 Å². The van der Waals surface area contributed by atoms with Crippen LogP contribution in [0.4, 0.5) is 0 Å². The van der Waals surface area contributed by atoms with E-state index in [1.165, 1.54) is 0 Å². The molecule has 1 aromatic carbocycles. The Morgan fingerprint density at radius 3 is 2.80 bits per heavy atom. The highest BCUT2D eigenvalue weighted by Crippen LogP contribution is 2.38. The van der Waals surface area contributed by atoms with Gasteiger partial charge in [0.05, 0.1) is 18.3 Å². The van der Waals surface area contributed by atoms with Crippen molar-refractivity contribution in [3.05, 3.63) is 29.8 Å². The molecule has 0 spiro atoms. The minimum Gasteiger partial charge on any atom is -0.493 e. The van der Waals surface area contributed by atoms with E-state index >= 15 is 0 Å². The lowest BCUT2D eigenvalue weighted by molar-refractivity contribution is -0.0758. The van der Waals surface area contributed by atoms with Crippen LogP contribution < -0.4 is 10.5 Å². The second-order valence-electron chi connectivity index (χ2n) is 6.32. The first-order valence-electron chi connectivity index (χ1n) is 7.06. The molecule has 4 nitrogen and oxygen atoms in total. The van der Waals surface area contributed by atoms with E-state index in [9.17, 15) is 5.11 Å². The maximum absolute atomic E-state index is 10.7. The standard InChI is InChI=1S/C16H25NO3/c1-15(2,19-3)9-14(18)16(10-17)8-12-6-4-5-7-13(12)20-11-16/h4-7,14,18H,8-11,17H2,1-3H3. The second kappa shape index (κ2) is 5.72. The molecule has 2 unspecified atom stereocenters. The molecular formula is C16H25NO3. The molecule has 1 aliphatic rings. The first-order valence-corrected chi connectivity index (χ1v) is 7.06. The minimum atomic E-state index is -0.559. The molecule has 0 aliphatic carbocycles. The highest BCUT2D eigenvalue weighted by Gasteiger charge is 2.43. The number of nitrogens with two attached hydrogens (primary N) is 1. The van der Waals surface area contributed by atoms with Crippen LogP contribution in [0.3, 0.4) is 0 Å². The third-order valence-corrected chi connectivity index (χ3v) is 4.38. The molecule has 0 saturated carbocycles. The second-order valence-corrected chi connectivity index (χ2v) is 6.32. The molecule has 0 aromatic heterocycles. The Bertz CT molecular complexity index is 461. The van der Waals surface area contributed by atoms with E-state index in [4.69, 9.17) is 15.2 Å². The van der Waals surface area contributed by atoms with Crippen LogP contribution in [0.2, 0.25) is 0 Å². The third-order valence-electron chi connectivity index (χ3n) is 4.38. The highest BCUT2D eigenvalue weighted by atomic mass is 16.5. The summed E-state index contributed by atoms with van der Waals surface area (Å²) < 4.78 is 11.2. The molecular weight excluding hydrogens is 254 g/mol. The Labute approximate surface area is 120 Å². The molecule has 2 rings (SSSR count). The third kappa shape index (κ3) is 2.97. The summed E-state index contributed by atoms with van der Waals surface area (Å²) in [5.41, 5.74) is 6.27. The Balaban J connectivity index is 2.19. The van der Waals surface area contributed by atoms with Gasteiger partial charge in [0.15, 0.2) is 0 Å². The van der Waals surface area contributed by atoms with E-state index in [0.717, 1.165) is 17.7 Å². The zero-order valence-corrected chi connectivity index (χ0v) is 12.6. The fourth-order valence-corrected chi connectivity index (χ4v) is 2.69. The summed E-state index contributed by atoms with van der Waals surface area (Å²) in [5, 5.41) is 10.7. The number of ether oxygens (including phenoxy) is 2. The fraction of sp³-hybridized carbons (Fsp3) is 0.625. The van der Waals surface area contributed by atoms with E-state index in [-0.39, 0.29) is 5.60 Å². The lowest BCUT2D eigenvalue weighted by Gasteiger charge is -2.42. The van der Waals surface area contributed by atoms with Crippen molar-refractivity contribution in [2.24, 2.45) is 11.1 Å².